The Labute approximate surface area is 147 Å². The normalized spacial score (nSPS) is 14.4. The van der Waals surface area contributed by atoms with Crippen LogP contribution >= 0.6 is 0 Å². The molecule has 1 N–H and O–H groups in total. The summed E-state index contributed by atoms with van der Waals surface area (Å²) in [6.07, 6.45) is 1.79. The fourth-order valence-electron chi connectivity index (χ4n) is 2.38. The Balaban J connectivity index is 1.91. The van der Waals surface area contributed by atoms with E-state index in [1.54, 1.807) is 19.1 Å². The summed E-state index contributed by atoms with van der Waals surface area (Å²) < 4.78 is 21.0. The average molecular weight is 351 g/mol. The second kappa shape index (κ2) is 8.60. The molecule has 0 unspecified atom stereocenters. The van der Waals surface area contributed by atoms with Crippen LogP contribution in [-0.4, -0.2) is 45.4 Å². The van der Waals surface area contributed by atoms with E-state index < -0.39 is 12.1 Å². The van der Waals surface area contributed by atoms with E-state index in [1.807, 2.05) is 0 Å². The fraction of sp³-hybridized carbons (Fsp3) is 0.556. The van der Waals surface area contributed by atoms with E-state index in [-0.39, 0.29) is 18.4 Å². The molecule has 0 bridgehead atoms. The van der Waals surface area contributed by atoms with Crippen molar-refractivity contribution in [3.8, 4) is 17.2 Å². The van der Waals surface area contributed by atoms with E-state index in [9.17, 15) is 9.59 Å². The SMILES string of the molecule is COc1cc(CCC(=O)O[C@H](C)C(=O)NC2CC2)cc(OC)c1OC. The molecule has 1 atom stereocenters. The highest BCUT2D eigenvalue weighted by Crippen LogP contribution is 2.38. The van der Waals surface area contributed by atoms with Crippen LogP contribution in [0.4, 0.5) is 0 Å². The molecule has 7 heteroatoms. The number of esters is 1. The molecule has 7 nitrogen and oxygen atoms in total. The maximum absolute atomic E-state index is 12.0. The summed E-state index contributed by atoms with van der Waals surface area (Å²) in [6, 6.07) is 3.82. The molecule has 1 aliphatic rings. The minimum atomic E-state index is -0.784. The molecule has 2 rings (SSSR count). The average Bonchev–Trinajstić information content (AvgIpc) is 3.42. The summed E-state index contributed by atoms with van der Waals surface area (Å²) in [7, 11) is 4.61. The Morgan fingerprint density at radius 2 is 1.72 bits per heavy atom. The van der Waals surface area contributed by atoms with Gasteiger partial charge >= 0.3 is 5.97 Å². The smallest absolute Gasteiger partial charge is 0.306 e. The number of methoxy groups -OCH3 is 3. The molecule has 0 saturated heterocycles. The van der Waals surface area contributed by atoms with Gasteiger partial charge < -0.3 is 24.3 Å². The minimum Gasteiger partial charge on any atom is -0.493 e. The second-order valence-electron chi connectivity index (χ2n) is 5.95. The third-order valence-electron chi connectivity index (χ3n) is 3.94. The van der Waals surface area contributed by atoms with Gasteiger partial charge in [-0.2, -0.15) is 0 Å². The highest BCUT2D eigenvalue weighted by molar-refractivity contribution is 5.83. The van der Waals surface area contributed by atoms with E-state index in [0.717, 1.165) is 18.4 Å². The lowest BCUT2D eigenvalue weighted by molar-refractivity contribution is -0.154. The molecule has 1 amide bonds. The van der Waals surface area contributed by atoms with E-state index >= 15 is 0 Å². The molecule has 0 radical (unpaired) electrons. The summed E-state index contributed by atoms with van der Waals surface area (Å²) in [5.74, 6) is 0.891. The predicted octanol–water partition coefficient (Wildman–Crippen LogP) is 1.86. The molecule has 1 saturated carbocycles. The first-order valence-electron chi connectivity index (χ1n) is 8.27. The van der Waals surface area contributed by atoms with Crippen LogP contribution in [0, 0.1) is 0 Å². The van der Waals surface area contributed by atoms with Gasteiger partial charge in [0.25, 0.3) is 5.91 Å². The number of nitrogens with one attached hydrogen (secondary N) is 1. The van der Waals surface area contributed by atoms with Crippen LogP contribution in [0.1, 0.15) is 31.7 Å². The van der Waals surface area contributed by atoms with Crippen molar-refractivity contribution in [2.45, 2.75) is 44.8 Å². The van der Waals surface area contributed by atoms with Crippen molar-refractivity contribution in [1.29, 1.82) is 0 Å². The Bertz CT molecular complexity index is 601. The summed E-state index contributed by atoms with van der Waals surface area (Å²) >= 11 is 0. The van der Waals surface area contributed by atoms with Crippen molar-refractivity contribution >= 4 is 11.9 Å². The van der Waals surface area contributed by atoms with Gasteiger partial charge in [-0.05, 0) is 43.9 Å². The number of hydrogen-bond acceptors (Lipinski definition) is 6. The van der Waals surface area contributed by atoms with Gasteiger partial charge in [-0.15, -0.1) is 0 Å². The first-order valence-corrected chi connectivity index (χ1v) is 8.27. The lowest BCUT2D eigenvalue weighted by atomic mass is 10.1. The molecule has 0 spiro atoms. The fourth-order valence-corrected chi connectivity index (χ4v) is 2.38. The monoisotopic (exact) mass is 351 g/mol. The Hall–Kier alpha value is -2.44. The number of amides is 1. The number of carbonyl (C=O) groups excluding carboxylic acids is 2. The van der Waals surface area contributed by atoms with Crippen molar-refractivity contribution < 1.29 is 28.5 Å². The highest BCUT2D eigenvalue weighted by atomic mass is 16.5. The van der Waals surface area contributed by atoms with Gasteiger partial charge in [-0.3, -0.25) is 9.59 Å². The Morgan fingerprint density at radius 3 is 2.20 bits per heavy atom. The first-order chi connectivity index (χ1) is 12.0. The summed E-state index contributed by atoms with van der Waals surface area (Å²) in [5.41, 5.74) is 0.849. The molecule has 1 fully saturated rings. The van der Waals surface area contributed by atoms with Crippen molar-refractivity contribution in [1.82, 2.24) is 5.32 Å². The molecule has 0 aromatic heterocycles. The van der Waals surface area contributed by atoms with Gasteiger partial charge in [0.05, 0.1) is 21.3 Å². The molecular weight excluding hydrogens is 326 g/mol. The van der Waals surface area contributed by atoms with Gasteiger partial charge in [0, 0.05) is 12.5 Å². The van der Waals surface area contributed by atoms with Gasteiger partial charge in [0.1, 0.15) is 0 Å². The molecule has 0 heterocycles. The van der Waals surface area contributed by atoms with Crippen LogP contribution in [0.25, 0.3) is 0 Å². The predicted molar refractivity (Wildman–Crippen MR) is 91.1 cm³/mol. The number of rotatable bonds is 9. The second-order valence-corrected chi connectivity index (χ2v) is 5.95. The van der Waals surface area contributed by atoms with Crippen molar-refractivity contribution in [2.24, 2.45) is 0 Å². The zero-order valence-corrected chi connectivity index (χ0v) is 15.1. The summed E-state index contributed by atoms with van der Waals surface area (Å²) in [6.45, 7) is 1.58. The standard InChI is InChI=1S/C18H25NO6/c1-11(18(21)19-13-6-7-13)25-16(20)8-5-12-9-14(22-2)17(24-4)15(10-12)23-3/h9-11,13H,5-8H2,1-4H3,(H,19,21)/t11-/m1/s1. The Kier molecular flexibility index (Phi) is 6.50. The van der Waals surface area contributed by atoms with Crippen LogP contribution in [0.15, 0.2) is 12.1 Å². The van der Waals surface area contributed by atoms with Crippen LogP contribution in [-0.2, 0) is 20.7 Å². The van der Waals surface area contributed by atoms with Crippen LogP contribution in [0.3, 0.4) is 0 Å². The number of carbonyl (C=O) groups is 2. The van der Waals surface area contributed by atoms with E-state index in [4.69, 9.17) is 18.9 Å². The number of benzene rings is 1. The van der Waals surface area contributed by atoms with E-state index in [1.165, 1.54) is 21.3 Å². The van der Waals surface area contributed by atoms with E-state index in [0.29, 0.717) is 23.7 Å². The van der Waals surface area contributed by atoms with E-state index in [2.05, 4.69) is 5.32 Å². The molecule has 138 valence electrons. The maximum atomic E-state index is 12.0. The molecule has 25 heavy (non-hydrogen) atoms. The summed E-state index contributed by atoms with van der Waals surface area (Å²) in [4.78, 5) is 23.8. The molecule has 1 aromatic carbocycles. The maximum Gasteiger partial charge on any atom is 0.306 e. The van der Waals surface area contributed by atoms with Gasteiger partial charge in [-0.1, -0.05) is 0 Å². The zero-order valence-electron chi connectivity index (χ0n) is 15.1. The highest BCUT2D eigenvalue weighted by Gasteiger charge is 2.27. The minimum absolute atomic E-state index is 0.152. The zero-order chi connectivity index (χ0) is 18.4. The molecule has 1 aromatic rings. The van der Waals surface area contributed by atoms with Gasteiger partial charge in [0.2, 0.25) is 5.75 Å². The summed E-state index contributed by atoms with van der Waals surface area (Å²) in [5, 5.41) is 2.81. The first kappa shape index (κ1) is 18.9. The number of hydrogen-bond donors (Lipinski definition) is 1. The third kappa shape index (κ3) is 5.27. The van der Waals surface area contributed by atoms with Crippen LogP contribution < -0.4 is 19.5 Å². The van der Waals surface area contributed by atoms with Crippen LogP contribution in [0.2, 0.25) is 0 Å². The number of ether oxygens (including phenoxy) is 4. The lowest BCUT2D eigenvalue weighted by Crippen LogP contribution is -2.37. The van der Waals surface area contributed by atoms with Crippen molar-refractivity contribution in [3.63, 3.8) is 0 Å². The van der Waals surface area contributed by atoms with Gasteiger partial charge in [0.15, 0.2) is 17.6 Å². The molecular formula is C18H25NO6. The molecule has 1 aliphatic carbocycles. The number of aryl methyl sites for hydroxylation is 1. The topological polar surface area (TPSA) is 83.1 Å². The van der Waals surface area contributed by atoms with Gasteiger partial charge in [-0.25, -0.2) is 0 Å². The van der Waals surface area contributed by atoms with Crippen molar-refractivity contribution in [2.75, 3.05) is 21.3 Å². The Morgan fingerprint density at radius 1 is 1.12 bits per heavy atom. The van der Waals surface area contributed by atoms with Crippen LogP contribution in [0.5, 0.6) is 17.2 Å². The third-order valence-corrected chi connectivity index (χ3v) is 3.94. The van der Waals surface area contributed by atoms with Crippen molar-refractivity contribution in [3.05, 3.63) is 17.7 Å². The molecule has 0 aliphatic heterocycles. The lowest BCUT2D eigenvalue weighted by Gasteiger charge is -2.15. The largest absolute Gasteiger partial charge is 0.493 e. The quantitative estimate of drug-likeness (QED) is 0.684.